The first-order valence-electron chi connectivity index (χ1n) is 14.2. The maximum atomic E-state index is 14.2. The van der Waals surface area contributed by atoms with E-state index in [-0.39, 0.29) is 35.6 Å². The number of amides is 2. The Bertz CT molecular complexity index is 1520. The topological polar surface area (TPSA) is 96.0 Å². The van der Waals surface area contributed by atoms with Crippen molar-refractivity contribution >= 4 is 39.1 Å². The van der Waals surface area contributed by atoms with Gasteiger partial charge in [0.25, 0.3) is 0 Å². The summed E-state index contributed by atoms with van der Waals surface area (Å²) in [6.07, 6.45) is 6.06. The Hall–Kier alpha value is -3.63. The molecule has 0 aliphatic heterocycles. The Kier molecular flexibility index (Phi) is 11.0. The van der Waals surface area contributed by atoms with Crippen LogP contribution < -0.4 is 14.4 Å². The highest BCUT2D eigenvalue weighted by Crippen LogP contribution is 2.26. The van der Waals surface area contributed by atoms with Gasteiger partial charge in [0.2, 0.25) is 21.8 Å². The Balaban J connectivity index is 1.74. The summed E-state index contributed by atoms with van der Waals surface area (Å²) < 4.78 is 46.0. The first-order valence-corrected chi connectivity index (χ1v) is 16.5. The van der Waals surface area contributed by atoms with Crippen molar-refractivity contribution in [2.24, 2.45) is 0 Å². The molecule has 1 aliphatic carbocycles. The number of carbonyl (C=O) groups is 2. The molecular weight excluding hydrogens is 593 g/mol. The molecule has 0 aromatic heterocycles. The lowest BCUT2D eigenvalue weighted by atomic mass is 9.94. The van der Waals surface area contributed by atoms with Crippen molar-refractivity contribution in [2.75, 3.05) is 24.2 Å². The number of methoxy groups -OCH3 is 1. The molecule has 1 aliphatic rings. The molecule has 0 saturated heterocycles. The number of benzene rings is 3. The molecule has 1 fully saturated rings. The van der Waals surface area contributed by atoms with Crippen molar-refractivity contribution in [1.82, 2.24) is 10.2 Å². The molecule has 0 heterocycles. The predicted molar refractivity (Wildman–Crippen MR) is 166 cm³/mol. The lowest BCUT2D eigenvalue weighted by Gasteiger charge is -2.35. The summed E-state index contributed by atoms with van der Waals surface area (Å²) in [6.45, 7) is -0.597. The third-order valence-electron chi connectivity index (χ3n) is 7.58. The van der Waals surface area contributed by atoms with Gasteiger partial charge in [0.15, 0.2) is 0 Å². The molecule has 43 heavy (non-hydrogen) atoms. The fourth-order valence-electron chi connectivity index (χ4n) is 5.32. The molecule has 0 spiro atoms. The quantitative estimate of drug-likeness (QED) is 0.292. The Morgan fingerprint density at radius 3 is 2.35 bits per heavy atom. The van der Waals surface area contributed by atoms with Gasteiger partial charge in [0.05, 0.1) is 24.1 Å². The standard InChI is InChI=1S/C32H37ClFN3O5S/c1-42-27-15-9-12-24(18-27)21-36(31(38)22-37(43(2,40)41)26-16-17-29(34)28(33)20-26)30(19-23-10-5-3-6-11-23)32(39)35-25-13-7-4-8-14-25/h3,5-6,9-12,15-18,20,25,30H,4,7-8,13-14,19,21-22H2,1-2H3,(H,35,39)/t30-/m1/s1. The Morgan fingerprint density at radius 1 is 1.00 bits per heavy atom. The first kappa shape index (κ1) is 32.3. The van der Waals surface area contributed by atoms with E-state index in [1.807, 2.05) is 36.4 Å². The number of nitrogens with zero attached hydrogens (tertiary/aromatic N) is 2. The highest BCUT2D eigenvalue weighted by Gasteiger charge is 2.34. The van der Waals surface area contributed by atoms with Crippen molar-refractivity contribution in [1.29, 1.82) is 0 Å². The minimum Gasteiger partial charge on any atom is -0.497 e. The van der Waals surface area contributed by atoms with Crippen molar-refractivity contribution in [3.05, 3.63) is 94.8 Å². The van der Waals surface area contributed by atoms with Crippen LogP contribution in [0.25, 0.3) is 0 Å². The van der Waals surface area contributed by atoms with Gasteiger partial charge in [0.1, 0.15) is 24.2 Å². The lowest BCUT2D eigenvalue weighted by molar-refractivity contribution is -0.140. The summed E-state index contributed by atoms with van der Waals surface area (Å²) in [5.41, 5.74) is 1.59. The van der Waals surface area contributed by atoms with Crippen molar-refractivity contribution < 1.29 is 27.1 Å². The molecule has 0 bridgehead atoms. The van der Waals surface area contributed by atoms with Crippen LogP contribution in [0.15, 0.2) is 72.8 Å². The number of hydrogen-bond acceptors (Lipinski definition) is 5. The van der Waals surface area contributed by atoms with Gasteiger partial charge in [-0.05, 0) is 54.3 Å². The van der Waals surface area contributed by atoms with Crippen molar-refractivity contribution in [3.63, 3.8) is 0 Å². The molecular formula is C32H37ClFN3O5S. The molecule has 8 nitrogen and oxygen atoms in total. The fourth-order valence-corrected chi connectivity index (χ4v) is 6.34. The summed E-state index contributed by atoms with van der Waals surface area (Å²) >= 11 is 5.96. The maximum absolute atomic E-state index is 14.2. The number of rotatable bonds is 12. The molecule has 4 rings (SSSR count). The van der Waals surface area contributed by atoms with Gasteiger partial charge in [-0.25, -0.2) is 12.8 Å². The SMILES string of the molecule is COc1cccc(CN(C(=O)CN(c2ccc(F)c(Cl)c2)S(C)(=O)=O)[C@H](Cc2ccccc2)C(=O)NC2CCCCC2)c1. The van der Waals surface area contributed by atoms with Crippen LogP contribution in [0, 0.1) is 5.82 Å². The Morgan fingerprint density at radius 2 is 1.70 bits per heavy atom. The van der Waals surface area contributed by atoms with Crippen LogP contribution in [0.2, 0.25) is 5.02 Å². The number of halogens is 2. The number of ether oxygens (including phenoxy) is 1. The number of sulfonamides is 1. The summed E-state index contributed by atoms with van der Waals surface area (Å²) in [5, 5.41) is 2.89. The van der Waals surface area contributed by atoms with E-state index < -0.39 is 34.3 Å². The van der Waals surface area contributed by atoms with Crippen LogP contribution in [0.3, 0.4) is 0 Å². The third-order valence-corrected chi connectivity index (χ3v) is 9.01. The zero-order chi connectivity index (χ0) is 31.0. The number of carbonyl (C=O) groups excluding carboxylic acids is 2. The average Bonchev–Trinajstić information content (AvgIpc) is 2.99. The van der Waals surface area contributed by atoms with Gasteiger partial charge in [-0.3, -0.25) is 13.9 Å². The molecule has 1 N–H and O–H groups in total. The molecule has 11 heteroatoms. The third kappa shape index (κ3) is 8.93. The van der Waals surface area contributed by atoms with Crippen LogP contribution in [0.1, 0.15) is 43.2 Å². The van der Waals surface area contributed by atoms with Gasteiger partial charge < -0.3 is 15.0 Å². The number of anilines is 1. The van der Waals surface area contributed by atoms with Crippen molar-refractivity contribution in [2.45, 2.75) is 57.2 Å². The second kappa shape index (κ2) is 14.7. The van der Waals surface area contributed by atoms with E-state index in [1.54, 1.807) is 18.2 Å². The normalized spacial score (nSPS) is 14.5. The molecule has 3 aromatic rings. The van der Waals surface area contributed by atoms with Crippen LogP contribution in [0.4, 0.5) is 10.1 Å². The number of hydrogen-bond donors (Lipinski definition) is 1. The first-order chi connectivity index (χ1) is 20.5. The lowest BCUT2D eigenvalue weighted by Crippen LogP contribution is -2.55. The van der Waals surface area contributed by atoms with Gasteiger partial charge in [0, 0.05) is 19.0 Å². The van der Waals surface area contributed by atoms with E-state index in [9.17, 15) is 22.4 Å². The Labute approximate surface area is 257 Å². The van der Waals surface area contributed by atoms with E-state index in [1.165, 1.54) is 18.1 Å². The second-order valence-electron chi connectivity index (χ2n) is 10.8. The maximum Gasteiger partial charge on any atom is 0.244 e. The van der Waals surface area contributed by atoms with E-state index in [4.69, 9.17) is 16.3 Å². The van der Waals surface area contributed by atoms with E-state index in [0.29, 0.717) is 11.3 Å². The monoisotopic (exact) mass is 629 g/mol. The van der Waals surface area contributed by atoms with Crippen LogP contribution in [-0.2, 0) is 32.6 Å². The average molecular weight is 630 g/mol. The van der Waals surface area contributed by atoms with Crippen molar-refractivity contribution in [3.8, 4) is 5.75 Å². The zero-order valence-electron chi connectivity index (χ0n) is 24.3. The molecule has 0 radical (unpaired) electrons. The highest BCUT2D eigenvalue weighted by atomic mass is 35.5. The number of nitrogens with one attached hydrogen (secondary N) is 1. The van der Waals surface area contributed by atoms with E-state index in [0.717, 1.165) is 60.4 Å². The van der Waals surface area contributed by atoms with Crippen LogP contribution in [0.5, 0.6) is 5.75 Å². The molecule has 3 aromatic carbocycles. The molecule has 0 unspecified atom stereocenters. The molecule has 2 amide bonds. The fraction of sp³-hybridized carbons (Fsp3) is 0.375. The van der Waals surface area contributed by atoms with Crippen LogP contribution >= 0.6 is 11.6 Å². The van der Waals surface area contributed by atoms with Gasteiger partial charge in [-0.1, -0.05) is 73.3 Å². The summed E-state index contributed by atoms with van der Waals surface area (Å²) in [5.74, 6) is -1.04. The highest BCUT2D eigenvalue weighted by molar-refractivity contribution is 7.92. The minimum absolute atomic E-state index is 0.00201. The largest absolute Gasteiger partial charge is 0.497 e. The van der Waals surface area contributed by atoms with Gasteiger partial charge >= 0.3 is 0 Å². The second-order valence-corrected chi connectivity index (χ2v) is 13.1. The summed E-state index contributed by atoms with van der Waals surface area (Å²) in [7, 11) is -2.47. The molecule has 230 valence electrons. The van der Waals surface area contributed by atoms with Gasteiger partial charge in [-0.15, -0.1) is 0 Å². The molecule has 1 atom stereocenters. The zero-order valence-corrected chi connectivity index (χ0v) is 25.9. The summed E-state index contributed by atoms with van der Waals surface area (Å²) in [6, 6.07) is 19.0. The minimum atomic E-state index is -4.00. The van der Waals surface area contributed by atoms with Crippen LogP contribution in [-0.4, -0.2) is 57.1 Å². The van der Waals surface area contributed by atoms with E-state index in [2.05, 4.69) is 5.32 Å². The molecule has 1 saturated carbocycles. The van der Waals surface area contributed by atoms with E-state index >= 15 is 0 Å². The van der Waals surface area contributed by atoms with Gasteiger partial charge in [-0.2, -0.15) is 0 Å². The summed E-state index contributed by atoms with van der Waals surface area (Å²) in [4.78, 5) is 29.6. The predicted octanol–water partition coefficient (Wildman–Crippen LogP) is 5.34. The smallest absolute Gasteiger partial charge is 0.244 e.